The number of rotatable bonds is 2. The van der Waals surface area contributed by atoms with Gasteiger partial charge in [0, 0.05) is 12.5 Å². The molecule has 2 rings (SSSR count). The van der Waals surface area contributed by atoms with Gasteiger partial charge in [0.2, 0.25) is 0 Å². The van der Waals surface area contributed by atoms with Crippen molar-refractivity contribution in [1.29, 1.82) is 0 Å². The fraction of sp³-hybridized carbons (Fsp3) is 0.500. The first-order valence-corrected chi connectivity index (χ1v) is 4.46. The number of halogens is 1. The molecule has 60 valence electrons. The third-order valence-electron chi connectivity index (χ3n) is 2.12. The molecule has 1 heterocycles. The van der Waals surface area contributed by atoms with Gasteiger partial charge in [-0.2, -0.15) is 0 Å². The van der Waals surface area contributed by atoms with Crippen LogP contribution in [0.25, 0.3) is 0 Å². The van der Waals surface area contributed by atoms with Crippen LogP contribution in [0.3, 0.4) is 0 Å². The highest BCUT2D eigenvalue weighted by atomic mass is 79.9. The third-order valence-corrected chi connectivity index (χ3v) is 2.54. The van der Waals surface area contributed by atoms with Crippen LogP contribution >= 0.6 is 15.9 Å². The molecule has 1 aromatic rings. The van der Waals surface area contributed by atoms with Crippen molar-refractivity contribution in [3.8, 4) is 0 Å². The van der Waals surface area contributed by atoms with Gasteiger partial charge in [-0.25, -0.2) is 0 Å². The van der Waals surface area contributed by atoms with Crippen LogP contribution in [0.4, 0.5) is 0 Å². The highest BCUT2D eigenvalue weighted by molar-refractivity contribution is 9.10. The summed E-state index contributed by atoms with van der Waals surface area (Å²) in [6, 6.07) is 3.85. The normalized spacial score (nSPS) is 28.9. The smallest absolute Gasteiger partial charge is 0.169 e. The zero-order chi connectivity index (χ0) is 7.84. The van der Waals surface area contributed by atoms with Crippen LogP contribution in [0.15, 0.2) is 21.2 Å². The van der Waals surface area contributed by atoms with Gasteiger partial charge < -0.3 is 9.52 Å². The first-order chi connectivity index (χ1) is 5.31. The molecule has 0 saturated heterocycles. The zero-order valence-electron chi connectivity index (χ0n) is 5.96. The molecule has 11 heavy (non-hydrogen) atoms. The van der Waals surface area contributed by atoms with Crippen LogP contribution in [-0.4, -0.2) is 11.7 Å². The van der Waals surface area contributed by atoms with Gasteiger partial charge in [-0.3, -0.25) is 0 Å². The van der Waals surface area contributed by atoms with E-state index in [2.05, 4.69) is 15.9 Å². The molecule has 1 fully saturated rings. The van der Waals surface area contributed by atoms with Crippen molar-refractivity contribution in [1.82, 2.24) is 0 Å². The summed E-state index contributed by atoms with van der Waals surface area (Å²) in [4.78, 5) is 0. The van der Waals surface area contributed by atoms with E-state index in [-0.39, 0.29) is 6.61 Å². The van der Waals surface area contributed by atoms with Crippen molar-refractivity contribution >= 4 is 15.9 Å². The van der Waals surface area contributed by atoms with Gasteiger partial charge in [0.1, 0.15) is 5.76 Å². The van der Waals surface area contributed by atoms with Gasteiger partial charge in [0.05, 0.1) is 0 Å². The molecule has 0 amide bonds. The number of furan rings is 1. The lowest BCUT2D eigenvalue weighted by Gasteiger charge is -1.90. The van der Waals surface area contributed by atoms with E-state index in [0.29, 0.717) is 11.8 Å². The average Bonchev–Trinajstić information content (AvgIpc) is 2.68. The Morgan fingerprint density at radius 2 is 2.45 bits per heavy atom. The fourth-order valence-electron chi connectivity index (χ4n) is 1.33. The van der Waals surface area contributed by atoms with E-state index in [1.54, 1.807) is 0 Å². The average molecular weight is 217 g/mol. The standard InChI is InChI=1S/C8H9BrO2/c9-8-2-1-7(11-8)6-3-5(6)4-10/h1-2,5-6,10H,3-4H2. The summed E-state index contributed by atoms with van der Waals surface area (Å²) >= 11 is 3.24. The molecule has 1 aliphatic carbocycles. The van der Waals surface area contributed by atoms with Crippen molar-refractivity contribution < 1.29 is 9.52 Å². The maximum atomic E-state index is 8.79. The maximum absolute atomic E-state index is 8.79. The number of aliphatic hydroxyl groups excluding tert-OH is 1. The zero-order valence-corrected chi connectivity index (χ0v) is 7.54. The molecule has 1 aliphatic rings. The van der Waals surface area contributed by atoms with Gasteiger partial charge in [-0.15, -0.1) is 0 Å². The summed E-state index contributed by atoms with van der Waals surface area (Å²) in [5.41, 5.74) is 0. The summed E-state index contributed by atoms with van der Waals surface area (Å²) < 4.78 is 6.12. The van der Waals surface area contributed by atoms with E-state index < -0.39 is 0 Å². The number of aliphatic hydroxyl groups is 1. The van der Waals surface area contributed by atoms with Crippen molar-refractivity contribution in [2.75, 3.05) is 6.61 Å². The lowest BCUT2D eigenvalue weighted by molar-refractivity contribution is 0.271. The van der Waals surface area contributed by atoms with Crippen molar-refractivity contribution in [2.45, 2.75) is 12.3 Å². The lowest BCUT2D eigenvalue weighted by atomic mass is 10.2. The number of hydrogen-bond donors (Lipinski definition) is 1. The van der Waals surface area contributed by atoms with Gasteiger partial charge in [-0.05, 0) is 40.4 Å². The topological polar surface area (TPSA) is 33.4 Å². The fourth-order valence-corrected chi connectivity index (χ4v) is 1.64. The van der Waals surface area contributed by atoms with E-state index in [9.17, 15) is 0 Å². The monoisotopic (exact) mass is 216 g/mol. The highest BCUT2D eigenvalue weighted by Crippen LogP contribution is 2.47. The second-order valence-electron chi connectivity index (χ2n) is 2.93. The molecule has 0 spiro atoms. The van der Waals surface area contributed by atoms with Gasteiger partial charge in [0.25, 0.3) is 0 Å². The molecule has 1 N–H and O–H groups in total. The summed E-state index contributed by atoms with van der Waals surface area (Å²) in [6.45, 7) is 0.281. The van der Waals surface area contributed by atoms with Gasteiger partial charge in [-0.1, -0.05) is 0 Å². The molecular formula is C8H9BrO2. The van der Waals surface area contributed by atoms with E-state index in [0.717, 1.165) is 16.9 Å². The second kappa shape index (κ2) is 2.64. The Bertz CT molecular complexity index is 256. The van der Waals surface area contributed by atoms with Gasteiger partial charge in [0.15, 0.2) is 4.67 Å². The lowest BCUT2D eigenvalue weighted by Crippen LogP contribution is -1.86. The molecule has 0 aromatic carbocycles. The minimum atomic E-state index is 0.281. The van der Waals surface area contributed by atoms with E-state index in [1.165, 1.54) is 0 Å². The Morgan fingerprint density at radius 3 is 2.91 bits per heavy atom. The highest BCUT2D eigenvalue weighted by Gasteiger charge is 2.39. The SMILES string of the molecule is OCC1CC1c1ccc(Br)o1. The van der Waals surface area contributed by atoms with Crippen molar-refractivity contribution in [2.24, 2.45) is 5.92 Å². The molecule has 0 radical (unpaired) electrons. The first kappa shape index (κ1) is 7.37. The Balaban J connectivity index is 2.08. The Morgan fingerprint density at radius 1 is 1.64 bits per heavy atom. The van der Waals surface area contributed by atoms with Crippen LogP contribution in [-0.2, 0) is 0 Å². The largest absolute Gasteiger partial charge is 0.454 e. The molecule has 1 aromatic heterocycles. The molecule has 2 atom stereocenters. The second-order valence-corrected chi connectivity index (χ2v) is 3.71. The molecule has 3 heteroatoms. The predicted molar refractivity (Wildman–Crippen MR) is 44.3 cm³/mol. The Labute approximate surface area is 73.3 Å². The first-order valence-electron chi connectivity index (χ1n) is 3.67. The quantitative estimate of drug-likeness (QED) is 0.823. The minimum Gasteiger partial charge on any atom is -0.454 e. The summed E-state index contributed by atoms with van der Waals surface area (Å²) in [5.74, 6) is 1.90. The predicted octanol–water partition coefficient (Wildman–Crippen LogP) is 2.14. The summed E-state index contributed by atoms with van der Waals surface area (Å²) in [7, 11) is 0. The Hall–Kier alpha value is -0.280. The molecule has 0 bridgehead atoms. The number of hydrogen-bond acceptors (Lipinski definition) is 2. The summed E-state index contributed by atoms with van der Waals surface area (Å²) in [5, 5.41) is 8.79. The van der Waals surface area contributed by atoms with Gasteiger partial charge >= 0.3 is 0 Å². The Kier molecular flexibility index (Phi) is 1.77. The van der Waals surface area contributed by atoms with Crippen LogP contribution in [0.5, 0.6) is 0 Å². The van der Waals surface area contributed by atoms with E-state index in [1.807, 2.05) is 12.1 Å². The minimum absolute atomic E-state index is 0.281. The molecule has 2 unspecified atom stereocenters. The van der Waals surface area contributed by atoms with Crippen LogP contribution in [0.2, 0.25) is 0 Å². The maximum Gasteiger partial charge on any atom is 0.169 e. The van der Waals surface area contributed by atoms with Crippen LogP contribution in [0, 0.1) is 5.92 Å². The van der Waals surface area contributed by atoms with Crippen LogP contribution in [0.1, 0.15) is 18.1 Å². The molecule has 0 aliphatic heterocycles. The van der Waals surface area contributed by atoms with Crippen LogP contribution < -0.4 is 0 Å². The molecular weight excluding hydrogens is 208 g/mol. The van der Waals surface area contributed by atoms with Crippen molar-refractivity contribution in [3.05, 3.63) is 22.6 Å². The van der Waals surface area contributed by atoms with Crippen molar-refractivity contribution in [3.63, 3.8) is 0 Å². The van der Waals surface area contributed by atoms with E-state index >= 15 is 0 Å². The van der Waals surface area contributed by atoms with E-state index in [4.69, 9.17) is 9.52 Å². The summed E-state index contributed by atoms with van der Waals surface area (Å²) in [6.07, 6.45) is 1.07. The molecule has 2 nitrogen and oxygen atoms in total. The molecule has 1 saturated carbocycles. The third kappa shape index (κ3) is 1.35.